The first kappa shape index (κ1) is 23.1. The van der Waals surface area contributed by atoms with Gasteiger partial charge in [-0.2, -0.15) is 5.10 Å². The van der Waals surface area contributed by atoms with Crippen molar-refractivity contribution in [2.45, 2.75) is 26.7 Å². The summed E-state index contributed by atoms with van der Waals surface area (Å²) < 4.78 is 5.75. The van der Waals surface area contributed by atoms with Gasteiger partial charge in [0.05, 0.1) is 6.21 Å². The Labute approximate surface area is 190 Å². The summed E-state index contributed by atoms with van der Waals surface area (Å²) in [6.45, 7) is 6.37. The summed E-state index contributed by atoms with van der Waals surface area (Å²) in [4.78, 5) is 14.6. The summed E-state index contributed by atoms with van der Waals surface area (Å²) in [7, 11) is 0. The number of nitrogens with zero attached hydrogens (tertiary/aromatic N) is 2. The molecule has 1 amide bonds. The molecule has 5 nitrogen and oxygen atoms in total. The van der Waals surface area contributed by atoms with Gasteiger partial charge in [-0.3, -0.25) is 4.79 Å². The number of ether oxygens (including phenoxy) is 1. The van der Waals surface area contributed by atoms with E-state index in [0.29, 0.717) is 5.75 Å². The number of benzene rings is 3. The lowest BCUT2D eigenvalue weighted by molar-refractivity contribution is -0.123. The molecule has 0 aromatic heterocycles. The Morgan fingerprint density at radius 2 is 1.56 bits per heavy atom. The van der Waals surface area contributed by atoms with Gasteiger partial charge in [0, 0.05) is 24.3 Å². The first-order valence-corrected chi connectivity index (χ1v) is 11.2. The highest BCUT2D eigenvalue weighted by Crippen LogP contribution is 2.29. The van der Waals surface area contributed by atoms with Crippen molar-refractivity contribution in [3.63, 3.8) is 0 Å². The average Bonchev–Trinajstić information content (AvgIpc) is 2.84. The van der Waals surface area contributed by atoms with Crippen molar-refractivity contribution in [1.82, 2.24) is 5.43 Å². The number of carbonyl (C=O) groups is 1. The number of hydrogen-bond acceptors (Lipinski definition) is 4. The highest BCUT2D eigenvalue weighted by molar-refractivity contribution is 5.83. The molecular weight excluding hydrogens is 398 g/mol. The zero-order valence-corrected chi connectivity index (χ0v) is 18.8. The van der Waals surface area contributed by atoms with Gasteiger partial charge >= 0.3 is 0 Å². The predicted molar refractivity (Wildman–Crippen MR) is 132 cm³/mol. The van der Waals surface area contributed by atoms with E-state index in [1.807, 2.05) is 66.7 Å². The highest BCUT2D eigenvalue weighted by atomic mass is 16.5. The van der Waals surface area contributed by atoms with Crippen LogP contribution in [0.4, 0.5) is 5.69 Å². The molecule has 0 saturated heterocycles. The Bertz CT molecular complexity index is 995. The monoisotopic (exact) mass is 429 g/mol. The summed E-state index contributed by atoms with van der Waals surface area (Å²) in [5, 5.41) is 4.06. The van der Waals surface area contributed by atoms with E-state index < -0.39 is 0 Å². The van der Waals surface area contributed by atoms with Crippen LogP contribution in [0.1, 0.15) is 32.3 Å². The molecule has 166 valence electrons. The van der Waals surface area contributed by atoms with Gasteiger partial charge in [-0.25, -0.2) is 5.43 Å². The lowest BCUT2D eigenvalue weighted by Gasteiger charge is -2.23. The molecule has 0 aliphatic carbocycles. The number of carbonyl (C=O) groups excluding carboxylic acids is 1. The standard InChI is InChI=1S/C27H31N3O2/c1-3-18-30(19-4-2)24-16-14-22(15-17-24)20-28-29-27(31)21-32-26-13-9-8-12-25(26)23-10-6-5-7-11-23/h5-17,20H,3-4,18-19,21H2,1-2H3,(H,29,31)/b28-20+. The summed E-state index contributed by atoms with van der Waals surface area (Å²) >= 11 is 0. The van der Waals surface area contributed by atoms with Crippen LogP contribution in [0.3, 0.4) is 0 Å². The van der Waals surface area contributed by atoms with E-state index in [4.69, 9.17) is 4.74 Å². The topological polar surface area (TPSA) is 53.9 Å². The van der Waals surface area contributed by atoms with Crippen LogP contribution in [-0.2, 0) is 4.79 Å². The maximum atomic E-state index is 12.2. The van der Waals surface area contributed by atoms with Crippen LogP contribution < -0.4 is 15.1 Å². The molecule has 0 aliphatic heterocycles. The smallest absolute Gasteiger partial charge is 0.277 e. The summed E-state index contributed by atoms with van der Waals surface area (Å²) in [5.41, 5.74) is 6.66. The molecule has 0 radical (unpaired) electrons. The Hall–Kier alpha value is -3.60. The zero-order valence-electron chi connectivity index (χ0n) is 18.8. The molecule has 0 spiro atoms. The van der Waals surface area contributed by atoms with E-state index in [0.717, 1.165) is 42.6 Å². The molecule has 32 heavy (non-hydrogen) atoms. The quantitative estimate of drug-likeness (QED) is 0.323. The maximum absolute atomic E-state index is 12.2. The third-order valence-corrected chi connectivity index (χ3v) is 4.98. The van der Waals surface area contributed by atoms with Gasteiger partial charge in [0.25, 0.3) is 5.91 Å². The van der Waals surface area contributed by atoms with Crippen molar-refractivity contribution >= 4 is 17.8 Å². The van der Waals surface area contributed by atoms with Gasteiger partial charge in [-0.05, 0) is 42.2 Å². The van der Waals surface area contributed by atoms with Crippen LogP contribution in [0, 0.1) is 0 Å². The largest absolute Gasteiger partial charge is 0.483 e. The highest BCUT2D eigenvalue weighted by Gasteiger charge is 2.08. The summed E-state index contributed by atoms with van der Waals surface area (Å²) in [6.07, 6.45) is 3.88. The lowest BCUT2D eigenvalue weighted by atomic mass is 10.1. The van der Waals surface area contributed by atoms with Crippen molar-refractivity contribution in [3.05, 3.63) is 84.4 Å². The third-order valence-electron chi connectivity index (χ3n) is 4.98. The first-order valence-electron chi connectivity index (χ1n) is 11.2. The van der Waals surface area contributed by atoms with Crippen molar-refractivity contribution in [3.8, 4) is 16.9 Å². The minimum Gasteiger partial charge on any atom is -0.483 e. The maximum Gasteiger partial charge on any atom is 0.277 e. The fraction of sp³-hybridized carbons (Fsp3) is 0.259. The summed E-state index contributed by atoms with van der Waals surface area (Å²) in [6, 6.07) is 25.9. The molecule has 0 saturated carbocycles. The fourth-order valence-electron chi connectivity index (χ4n) is 3.48. The zero-order chi connectivity index (χ0) is 22.6. The molecule has 0 fully saturated rings. The number of hydrogen-bond donors (Lipinski definition) is 1. The molecule has 0 aliphatic rings. The van der Waals surface area contributed by atoms with Gasteiger partial charge in [0.1, 0.15) is 5.75 Å². The molecular formula is C27H31N3O2. The molecule has 0 heterocycles. The van der Waals surface area contributed by atoms with E-state index in [1.165, 1.54) is 5.69 Å². The van der Waals surface area contributed by atoms with Gasteiger partial charge < -0.3 is 9.64 Å². The number of para-hydroxylation sites is 1. The Balaban J connectivity index is 1.52. The molecule has 5 heteroatoms. The van der Waals surface area contributed by atoms with E-state index in [1.54, 1.807) is 6.21 Å². The van der Waals surface area contributed by atoms with E-state index in [2.05, 4.69) is 41.4 Å². The average molecular weight is 430 g/mol. The predicted octanol–water partition coefficient (Wildman–Crippen LogP) is 5.51. The molecule has 3 aromatic rings. The van der Waals surface area contributed by atoms with Gasteiger partial charge in [0.2, 0.25) is 0 Å². The second-order valence-corrected chi connectivity index (χ2v) is 7.52. The minimum atomic E-state index is -0.308. The van der Waals surface area contributed by atoms with Gasteiger partial charge in [-0.15, -0.1) is 0 Å². The van der Waals surface area contributed by atoms with E-state index in [9.17, 15) is 4.79 Å². The van der Waals surface area contributed by atoms with Crippen molar-refractivity contribution < 1.29 is 9.53 Å². The van der Waals surface area contributed by atoms with Gasteiger partial charge in [0.15, 0.2) is 6.61 Å². The van der Waals surface area contributed by atoms with Gasteiger partial charge in [-0.1, -0.05) is 74.5 Å². The number of anilines is 1. The summed E-state index contributed by atoms with van der Waals surface area (Å²) in [5.74, 6) is 0.356. The molecule has 3 rings (SSSR count). The molecule has 1 N–H and O–H groups in total. The normalized spacial score (nSPS) is 10.8. The van der Waals surface area contributed by atoms with Crippen LogP contribution in [-0.4, -0.2) is 31.8 Å². The van der Waals surface area contributed by atoms with Crippen LogP contribution in [0.2, 0.25) is 0 Å². The second kappa shape index (κ2) is 12.3. The Morgan fingerprint density at radius 3 is 2.25 bits per heavy atom. The SMILES string of the molecule is CCCN(CCC)c1ccc(/C=N/NC(=O)COc2ccccc2-c2ccccc2)cc1. The van der Waals surface area contributed by atoms with Crippen LogP contribution in [0.15, 0.2) is 84.0 Å². The fourth-order valence-corrected chi connectivity index (χ4v) is 3.48. The second-order valence-electron chi connectivity index (χ2n) is 7.52. The Morgan fingerprint density at radius 1 is 0.906 bits per heavy atom. The van der Waals surface area contributed by atoms with Crippen molar-refractivity contribution in [2.75, 3.05) is 24.6 Å². The van der Waals surface area contributed by atoms with Crippen molar-refractivity contribution in [2.24, 2.45) is 5.10 Å². The third kappa shape index (κ3) is 6.71. The van der Waals surface area contributed by atoms with E-state index in [-0.39, 0.29) is 12.5 Å². The number of amides is 1. The lowest BCUT2D eigenvalue weighted by Crippen LogP contribution is -2.25. The molecule has 0 unspecified atom stereocenters. The first-order chi connectivity index (χ1) is 15.7. The van der Waals surface area contributed by atoms with Crippen LogP contribution in [0.25, 0.3) is 11.1 Å². The number of rotatable bonds is 11. The van der Waals surface area contributed by atoms with Crippen LogP contribution >= 0.6 is 0 Å². The number of hydrazone groups is 1. The van der Waals surface area contributed by atoms with Crippen molar-refractivity contribution in [1.29, 1.82) is 0 Å². The molecule has 0 bridgehead atoms. The molecule has 0 atom stereocenters. The molecule has 3 aromatic carbocycles. The Kier molecular flexibility index (Phi) is 8.87. The van der Waals surface area contributed by atoms with E-state index >= 15 is 0 Å². The minimum absolute atomic E-state index is 0.108. The van der Waals surface area contributed by atoms with Crippen LogP contribution in [0.5, 0.6) is 5.75 Å². The number of nitrogens with one attached hydrogen (secondary N) is 1.